The minimum absolute atomic E-state index is 0.0314. The summed E-state index contributed by atoms with van der Waals surface area (Å²) >= 11 is 0. The average molecular weight is 258 g/mol. The lowest BCUT2D eigenvalue weighted by Gasteiger charge is -2.23. The van der Waals surface area contributed by atoms with Gasteiger partial charge in [0, 0.05) is 25.8 Å². The molecule has 1 aromatic rings. The molecule has 6 nitrogen and oxygen atoms in total. The number of aromatic nitrogens is 2. The fourth-order valence-electron chi connectivity index (χ4n) is 1.89. The lowest BCUT2D eigenvalue weighted by atomic mass is 10.1. The Morgan fingerprint density at radius 2 is 2.35 bits per heavy atom. The highest BCUT2D eigenvalue weighted by Gasteiger charge is 2.23. The maximum Gasteiger partial charge on any atom is 0.259 e. The Bertz CT molecular complexity index is 469. The van der Waals surface area contributed by atoms with E-state index in [0.29, 0.717) is 12.4 Å². The van der Waals surface area contributed by atoms with Crippen LogP contribution in [0.1, 0.15) is 18.7 Å². The fraction of sp³-hybridized carbons (Fsp3) is 0.700. The fourth-order valence-corrected chi connectivity index (χ4v) is 3.20. The number of nitrogens with zero attached hydrogens (tertiary/aromatic N) is 2. The van der Waals surface area contributed by atoms with Gasteiger partial charge in [-0.05, 0) is 26.3 Å². The van der Waals surface area contributed by atoms with Crippen LogP contribution in [0.25, 0.3) is 0 Å². The van der Waals surface area contributed by atoms with Gasteiger partial charge in [0.25, 0.3) is 10.0 Å². The van der Waals surface area contributed by atoms with Gasteiger partial charge in [0.15, 0.2) is 5.03 Å². The van der Waals surface area contributed by atoms with E-state index < -0.39 is 10.0 Å². The predicted octanol–water partition coefficient (Wildman–Crippen LogP) is -0.241. The standard InChI is InChI=1S/C10H18N4O2S/c1-8-12-10(7-14(8)2)17(15,16)13-9-4-3-5-11-6-9/h7,9,11,13H,3-6H2,1-2H3/t9-/m1/s1. The Kier molecular flexibility index (Phi) is 3.50. The summed E-state index contributed by atoms with van der Waals surface area (Å²) in [6.45, 7) is 3.42. The minimum atomic E-state index is -3.48. The van der Waals surface area contributed by atoms with Gasteiger partial charge in [-0.25, -0.2) is 18.1 Å². The molecule has 2 heterocycles. The van der Waals surface area contributed by atoms with Crippen LogP contribution in [0.2, 0.25) is 0 Å². The first kappa shape index (κ1) is 12.5. The molecule has 0 spiro atoms. The van der Waals surface area contributed by atoms with Crippen LogP contribution in [0.4, 0.5) is 0 Å². The molecule has 2 N–H and O–H groups in total. The molecular weight excluding hydrogens is 240 g/mol. The first-order chi connectivity index (χ1) is 7.99. The van der Waals surface area contributed by atoms with E-state index in [1.807, 2.05) is 0 Å². The molecule has 1 saturated heterocycles. The van der Waals surface area contributed by atoms with Gasteiger partial charge in [-0.1, -0.05) is 0 Å². The molecule has 1 aliphatic rings. The topological polar surface area (TPSA) is 76.0 Å². The van der Waals surface area contributed by atoms with Crippen molar-refractivity contribution in [1.82, 2.24) is 19.6 Å². The third-order valence-electron chi connectivity index (χ3n) is 2.98. The summed E-state index contributed by atoms with van der Waals surface area (Å²) < 4.78 is 28.5. The van der Waals surface area contributed by atoms with E-state index in [9.17, 15) is 8.42 Å². The smallest absolute Gasteiger partial charge is 0.259 e. The summed E-state index contributed by atoms with van der Waals surface area (Å²) in [4.78, 5) is 4.04. The first-order valence-electron chi connectivity index (χ1n) is 5.72. The number of aryl methyl sites for hydroxylation is 2. The van der Waals surface area contributed by atoms with Gasteiger partial charge < -0.3 is 9.88 Å². The predicted molar refractivity (Wildman–Crippen MR) is 64.2 cm³/mol. The van der Waals surface area contributed by atoms with E-state index in [4.69, 9.17) is 0 Å². The molecule has 1 aromatic heterocycles. The summed E-state index contributed by atoms with van der Waals surface area (Å²) in [6, 6.07) is -0.0314. The third-order valence-corrected chi connectivity index (χ3v) is 4.37. The number of nitrogens with one attached hydrogen (secondary N) is 2. The highest BCUT2D eigenvalue weighted by Crippen LogP contribution is 2.10. The van der Waals surface area contributed by atoms with Crippen molar-refractivity contribution in [2.45, 2.75) is 30.8 Å². The van der Waals surface area contributed by atoms with Crippen LogP contribution >= 0.6 is 0 Å². The van der Waals surface area contributed by atoms with E-state index >= 15 is 0 Å². The van der Waals surface area contributed by atoms with Crippen LogP contribution in [-0.2, 0) is 17.1 Å². The van der Waals surface area contributed by atoms with E-state index in [0.717, 1.165) is 19.4 Å². The molecule has 0 amide bonds. The molecule has 0 aromatic carbocycles. The van der Waals surface area contributed by atoms with Crippen molar-refractivity contribution >= 4 is 10.0 Å². The van der Waals surface area contributed by atoms with Crippen molar-refractivity contribution in [3.8, 4) is 0 Å². The summed E-state index contributed by atoms with van der Waals surface area (Å²) in [7, 11) is -1.70. The Labute approximate surface area is 101 Å². The summed E-state index contributed by atoms with van der Waals surface area (Å²) in [5.41, 5.74) is 0. The number of rotatable bonds is 3. The molecular formula is C10H18N4O2S. The average Bonchev–Trinajstić information content (AvgIpc) is 2.61. The molecule has 0 unspecified atom stereocenters. The molecule has 1 aliphatic heterocycles. The third kappa shape index (κ3) is 2.85. The molecule has 0 aliphatic carbocycles. The highest BCUT2D eigenvalue weighted by molar-refractivity contribution is 7.89. The van der Waals surface area contributed by atoms with Crippen molar-refractivity contribution in [1.29, 1.82) is 0 Å². The largest absolute Gasteiger partial charge is 0.337 e. The zero-order valence-electron chi connectivity index (χ0n) is 10.1. The van der Waals surface area contributed by atoms with E-state index in [2.05, 4.69) is 15.0 Å². The van der Waals surface area contributed by atoms with Crippen LogP contribution in [0, 0.1) is 6.92 Å². The maximum absolute atomic E-state index is 12.1. The van der Waals surface area contributed by atoms with Crippen molar-refractivity contribution in [2.75, 3.05) is 13.1 Å². The van der Waals surface area contributed by atoms with Gasteiger partial charge in [0.05, 0.1) is 0 Å². The van der Waals surface area contributed by atoms with Crippen LogP contribution < -0.4 is 10.0 Å². The van der Waals surface area contributed by atoms with Gasteiger partial charge in [0.1, 0.15) is 5.82 Å². The summed E-state index contributed by atoms with van der Waals surface area (Å²) in [5.74, 6) is 0.687. The van der Waals surface area contributed by atoms with Gasteiger partial charge >= 0.3 is 0 Å². The van der Waals surface area contributed by atoms with Gasteiger partial charge in [-0.3, -0.25) is 0 Å². The quantitative estimate of drug-likeness (QED) is 0.784. The number of piperidine rings is 1. The molecule has 1 atom stereocenters. The minimum Gasteiger partial charge on any atom is -0.337 e. The second kappa shape index (κ2) is 4.75. The molecule has 1 fully saturated rings. The van der Waals surface area contributed by atoms with Crippen LogP contribution in [0.3, 0.4) is 0 Å². The molecule has 7 heteroatoms. The number of imidazole rings is 1. The summed E-state index contributed by atoms with van der Waals surface area (Å²) in [5, 5.41) is 3.27. The van der Waals surface area contributed by atoms with E-state index in [1.54, 1.807) is 18.5 Å². The van der Waals surface area contributed by atoms with Crippen molar-refractivity contribution in [2.24, 2.45) is 7.05 Å². The highest BCUT2D eigenvalue weighted by atomic mass is 32.2. The van der Waals surface area contributed by atoms with Gasteiger partial charge in [-0.15, -0.1) is 0 Å². The van der Waals surface area contributed by atoms with Crippen LogP contribution in [0.5, 0.6) is 0 Å². The molecule has 2 rings (SSSR count). The monoisotopic (exact) mass is 258 g/mol. The molecule has 0 bridgehead atoms. The number of hydrogen-bond donors (Lipinski definition) is 2. The normalized spacial score (nSPS) is 21.6. The number of sulfonamides is 1. The molecule has 0 radical (unpaired) electrons. The van der Waals surface area contributed by atoms with Crippen LogP contribution in [0.15, 0.2) is 11.2 Å². The number of hydrogen-bond acceptors (Lipinski definition) is 4. The SMILES string of the molecule is Cc1nc(S(=O)(=O)N[C@@H]2CCCNC2)cn1C. The van der Waals surface area contributed by atoms with Crippen molar-refractivity contribution in [3.63, 3.8) is 0 Å². The van der Waals surface area contributed by atoms with Gasteiger partial charge in [-0.2, -0.15) is 0 Å². The maximum atomic E-state index is 12.1. The lowest BCUT2D eigenvalue weighted by molar-refractivity contribution is 0.428. The molecule has 0 saturated carbocycles. The van der Waals surface area contributed by atoms with Crippen LogP contribution in [-0.4, -0.2) is 37.1 Å². The molecule has 17 heavy (non-hydrogen) atoms. The van der Waals surface area contributed by atoms with E-state index in [-0.39, 0.29) is 11.1 Å². The Morgan fingerprint density at radius 3 is 2.88 bits per heavy atom. The Balaban J connectivity index is 2.12. The second-order valence-corrected chi connectivity index (χ2v) is 6.06. The first-order valence-corrected chi connectivity index (χ1v) is 7.20. The van der Waals surface area contributed by atoms with E-state index in [1.165, 1.54) is 6.20 Å². The van der Waals surface area contributed by atoms with Gasteiger partial charge in [0.2, 0.25) is 0 Å². The Hall–Kier alpha value is -0.920. The summed E-state index contributed by atoms with van der Waals surface area (Å²) in [6.07, 6.45) is 3.40. The van der Waals surface area contributed by atoms with Crippen molar-refractivity contribution in [3.05, 3.63) is 12.0 Å². The zero-order valence-corrected chi connectivity index (χ0v) is 10.9. The second-order valence-electron chi connectivity index (χ2n) is 4.40. The lowest BCUT2D eigenvalue weighted by Crippen LogP contribution is -2.45. The molecule has 96 valence electrons. The van der Waals surface area contributed by atoms with Crippen molar-refractivity contribution < 1.29 is 8.42 Å². The zero-order chi connectivity index (χ0) is 12.5. The Morgan fingerprint density at radius 1 is 1.59 bits per heavy atom.